The van der Waals surface area contributed by atoms with Gasteiger partial charge in [0.25, 0.3) is 0 Å². The monoisotopic (exact) mass is 1100 g/mol. The summed E-state index contributed by atoms with van der Waals surface area (Å²) in [4.78, 5) is 24.5. The Labute approximate surface area is 489 Å². The first-order valence-corrected chi connectivity index (χ1v) is 36.3. The molecule has 0 rings (SSSR count). The molecule has 466 valence electrons. The van der Waals surface area contributed by atoms with Crippen LogP contribution >= 0.6 is 0 Å². The second-order valence-electron chi connectivity index (χ2n) is 25.3. The van der Waals surface area contributed by atoms with Gasteiger partial charge in [0.15, 0.2) is 0 Å². The van der Waals surface area contributed by atoms with Crippen LogP contribution in [0.4, 0.5) is 0 Å². The van der Waals surface area contributed by atoms with Crippen LogP contribution in [0.1, 0.15) is 425 Å². The van der Waals surface area contributed by atoms with Crippen molar-refractivity contribution in [3.8, 4) is 0 Å². The number of aliphatic hydroxyl groups excluding tert-OH is 2. The molecule has 0 bridgehead atoms. The highest BCUT2D eigenvalue weighted by molar-refractivity contribution is 5.76. The molecule has 1 amide bonds. The van der Waals surface area contributed by atoms with Gasteiger partial charge in [0.1, 0.15) is 0 Å². The minimum Gasteiger partial charge on any atom is -0.466 e. The Hall–Kier alpha value is -1.14. The van der Waals surface area contributed by atoms with E-state index in [4.69, 9.17) is 4.74 Å². The number of amides is 1. The molecule has 0 fully saturated rings. The first-order chi connectivity index (χ1) is 38.5. The van der Waals surface area contributed by atoms with Crippen molar-refractivity contribution in [2.24, 2.45) is 0 Å². The fraction of sp³-hybridized carbons (Fsp3) is 0.972. The smallest absolute Gasteiger partial charge is 0.305 e. The quantitative estimate of drug-likeness (QED) is 0.0417. The molecule has 0 radical (unpaired) electrons. The van der Waals surface area contributed by atoms with Gasteiger partial charge in [-0.2, -0.15) is 0 Å². The molecule has 78 heavy (non-hydrogen) atoms. The first kappa shape index (κ1) is 76.9. The summed E-state index contributed by atoms with van der Waals surface area (Å²) in [6, 6.07) is -0.534. The number of nitrogens with one attached hydrogen (secondary N) is 1. The Morgan fingerprint density at radius 2 is 0.526 bits per heavy atom. The van der Waals surface area contributed by atoms with Crippen LogP contribution in [0.3, 0.4) is 0 Å². The van der Waals surface area contributed by atoms with E-state index in [0.717, 1.165) is 38.5 Å². The normalized spacial score (nSPS) is 12.4. The molecule has 0 aliphatic heterocycles. The van der Waals surface area contributed by atoms with Gasteiger partial charge in [0.2, 0.25) is 5.91 Å². The van der Waals surface area contributed by atoms with Crippen molar-refractivity contribution >= 4 is 11.9 Å². The fourth-order valence-electron chi connectivity index (χ4n) is 11.9. The van der Waals surface area contributed by atoms with Gasteiger partial charge in [-0.05, 0) is 25.7 Å². The largest absolute Gasteiger partial charge is 0.466 e. The predicted molar refractivity (Wildman–Crippen MR) is 343 cm³/mol. The average molecular weight is 1100 g/mol. The van der Waals surface area contributed by atoms with Crippen LogP contribution in [0.2, 0.25) is 0 Å². The highest BCUT2D eigenvalue weighted by Crippen LogP contribution is 2.20. The number of carbonyl (C=O) groups is 2. The van der Waals surface area contributed by atoms with Gasteiger partial charge in [0.05, 0.1) is 25.4 Å². The number of ether oxygens (including phenoxy) is 1. The van der Waals surface area contributed by atoms with Gasteiger partial charge in [0, 0.05) is 12.8 Å². The minimum absolute atomic E-state index is 0.0271. The zero-order valence-corrected chi connectivity index (χ0v) is 53.4. The molecular weight excluding hydrogens is 959 g/mol. The molecule has 0 saturated heterocycles. The number of hydrogen-bond acceptors (Lipinski definition) is 5. The van der Waals surface area contributed by atoms with Crippen LogP contribution in [0.25, 0.3) is 0 Å². The predicted octanol–water partition coefficient (Wildman–Crippen LogP) is 23.4. The van der Waals surface area contributed by atoms with E-state index in [-0.39, 0.29) is 18.5 Å². The summed E-state index contributed by atoms with van der Waals surface area (Å²) >= 11 is 0. The molecule has 2 unspecified atom stereocenters. The van der Waals surface area contributed by atoms with Crippen LogP contribution in [0.15, 0.2) is 0 Å². The molecule has 0 spiro atoms. The zero-order chi connectivity index (χ0) is 56.4. The standard InChI is InChI=1S/C72H143NO5/c1-3-5-7-9-11-13-15-16-17-40-43-46-50-54-58-62-66-72(77)78-67-63-59-55-51-47-44-41-38-36-34-32-30-28-26-24-22-20-18-19-21-23-25-27-29-31-33-35-37-39-42-45-49-53-57-61-65-71(76)73-69(68-74)70(75)64-60-56-52-48-14-12-10-8-6-4-2/h69-70,74-75H,3-68H2,1-2H3,(H,73,76). The topological polar surface area (TPSA) is 95.9 Å². The van der Waals surface area contributed by atoms with E-state index in [2.05, 4.69) is 19.2 Å². The van der Waals surface area contributed by atoms with Crippen molar-refractivity contribution < 1.29 is 24.5 Å². The lowest BCUT2D eigenvalue weighted by Crippen LogP contribution is -2.45. The van der Waals surface area contributed by atoms with Gasteiger partial charge in [-0.15, -0.1) is 0 Å². The summed E-state index contributed by atoms with van der Waals surface area (Å²) < 4.78 is 5.51. The molecule has 6 nitrogen and oxygen atoms in total. The van der Waals surface area contributed by atoms with Crippen LogP contribution in [0, 0.1) is 0 Å². The summed E-state index contributed by atoms with van der Waals surface area (Å²) in [5, 5.41) is 23.2. The number of rotatable bonds is 69. The van der Waals surface area contributed by atoms with Gasteiger partial charge < -0.3 is 20.3 Å². The molecule has 0 saturated carbocycles. The molecule has 0 aromatic carbocycles. The summed E-state index contributed by atoms with van der Waals surface area (Å²) in [6.07, 6.45) is 83.3. The number of esters is 1. The zero-order valence-electron chi connectivity index (χ0n) is 53.4. The molecule has 3 N–H and O–H groups in total. The molecule has 0 aliphatic rings. The van der Waals surface area contributed by atoms with E-state index >= 15 is 0 Å². The van der Waals surface area contributed by atoms with Crippen LogP contribution in [-0.4, -0.2) is 47.4 Å². The SMILES string of the molecule is CCCCCCCCCCCCCCCCCCC(=O)OCCCCCCCCCCCCCCCCCCCCCCCCCCCCCCCCCCCCCC(=O)NC(CO)C(O)CCCCCCCCCCCC. The maximum absolute atomic E-state index is 12.4. The second kappa shape index (κ2) is 68.4. The summed E-state index contributed by atoms with van der Waals surface area (Å²) in [5.41, 5.74) is 0. The molecular formula is C72H143NO5. The number of hydrogen-bond donors (Lipinski definition) is 3. The van der Waals surface area contributed by atoms with Crippen LogP contribution < -0.4 is 5.32 Å². The molecule has 0 aliphatic carbocycles. The molecule has 0 aromatic rings. The van der Waals surface area contributed by atoms with Gasteiger partial charge in [-0.1, -0.05) is 386 Å². The third kappa shape index (κ3) is 64.0. The second-order valence-corrected chi connectivity index (χ2v) is 25.3. The van der Waals surface area contributed by atoms with Gasteiger partial charge in [-0.25, -0.2) is 0 Å². The fourth-order valence-corrected chi connectivity index (χ4v) is 11.9. The van der Waals surface area contributed by atoms with E-state index in [9.17, 15) is 19.8 Å². The highest BCUT2D eigenvalue weighted by Gasteiger charge is 2.20. The third-order valence-electron chi connectivity index (χ3n) is 17.4. The van der Waals surface area contributed by atoms with E-state index in [1.165, 1.54) is 353 Å². The maximum atomic E-state index is 12.4. The first-order valence-electron chi connectivity index (χ1n) is 36.3. The number of aliphatic hydroxyl groups is 2. The van der Waals surface area contributed by atoms with Crippen LogP contribution in [0.5, 0.6) is 0 Å². The van der Waals surface area contributed by atoms with E-state index in [1.54, 1.807) is 0 Å². The Morgan fingerprint density at radius 1 is 0.308 bits per heavy atom. The van der Waals surface area contributed by atoms with Crippen molar-refractivity contribution in [1.82, 2.24) is 5.32 Å². The molecule has 2 atom stereocenters. The van der Waals surface area contributed by atoms with Gasteiger partial charge in [-0.3, -0.25) is 9.59 Å². The summed E-state index contributed by atoms with van der Waals surface area (Å²) in [7, 11) is 0. The van der Waals surface area contributed by atoms with Crippen LogP contribution in [-0.2, 0) is 14.3 Å². The number of unbranched alkanes of at least 4 members (excludes halogenated alkanes) is 58. The minimum atomic E-state index is -0.657. The van der Waals surface area contributed by atoms with Crippen molar-refractivity contribution in [3.05, 3.63) is 0 Å². The Morgan fingerprint density at radius 3 is 0.782 bits per heavy atom. The lowest BCUT2D eigenvalue weighted by atomic mass is 10.0. The van der Waals surface area contributed by atoms with E-state index in [1.807, 2.05) is 0 Å². The third-order valence-corrected chi connectivity index (χ3v) is 17.4. The van der Waals surface area contributed by atoms with Crippen molar-refractivity contribution in [2.75, 3.05) is 13.2 Å². The Kier molecular flexibility index (Phi) is 67.4. The maximum Gasteiger partial charge on any atom is 0.305 e. The average Bonchev–Trinajstić information content (AvgIpc) is 3.44. The Balaban J connectivity index is 3.26. The molecule has 0 aromatic heterocycles. The van der Waals surface area contributed by atoms with Gasteiger partial charge >= 0.3 is 5.97 Å². The van der Waals surface area contributed by atoms with E-state index < -0.39 is 12.1 Å². The molecule has 6 heteroatoms. The van der Waals surface area contributed by atoms with E-state index in [0.29, 0.717) is 25.9 Å². The molecule has 0 heterocycles. The highest BCUT2D eigenvalue weighted by atomic mass is 16.5. The summed E-state index contributed by atoms with van der Waals surface area (Å²) in [6.45, 7) is 4.99. The Bertz CT molecular complexity index is 1130. The van der Waals surface area contributed by atoms with Crippen molar-refractivity contribution in [1.29, 1.82) is 0 Å². The lowest BCUT2D eigenvalue weighted by Gasteiger charge is -2.22. The lowest BCUT2D eigenvalue weighted by molar-refractivity contribution is -0.143. The van der Waals surface area contributed by atoms with Crippen molar-refractivity contribution in [2.45, 2.75) is 437 Å². The van der Waals surface area contributed by atoms with Crippen molar-refractivity contribution in [3.63, 3.8) is 0 Å². The summed E-state index contributed by atoms with van der Waals surface area (Å²) in [5.74, 6) is -0.00150. The number of carbonyl (C=O) groups excluding carboxylic acids is 2.